The second kappa shape index (κ2) is 5.60. The molecule has 1 heterocycles. The van der Waals surface area contributed by atoms with Crippen molar-refractivity contribution in [3.05, 3.63) is 42.6 Å². The van der Waals surface area contributed by atoms with Crippen molar-refractivity contribution in [3.63, 3.8) is 0 Å². The Morgan fingerprint density at radius 1 is 1.10 bits per heavy atom. The van der Waals surface area contributed by atoms with Crippen LogP contribution >= 0.6 is 0 Å². The first-order valence-corrected chi connectivity index (χ1v) is 7.72. The van der Waals surface area contributed by atoms with E-state index in [1.54, 1.807) is 56.4 Å². The van der Waals surface area contributed by atoms with E-state index >= 15 is 0 Å². The fourth-order valence-corrected chi connectivity index (χ4v) is 3.42. The van der Waals surface area contributed by atoms with Crippen molar-refractivity contribution in [1.82, 2.24) is 9.71 Å². The molecule has 3 N–H and O–H groups in total. The fourth-order valence-electron chi connectivity index (χ4n) is 1.94. The van der Waals surface area contributed by atoms with Crippen LogP contribution in [0.4, 0.5) is 5.82 Å². The highest BCUT2D eigenvalue weighted by Gasteiger charge is 2.20. The zero-order valence-electron chi connectivity index (χ0n) is 11.4. The molecule has 0 saturated carbocycles. The van der Waals surface area contributed by atoms with Crippen molar-refractivity contribution in [1.29, 1.82) is 0 Å². The SMILES string of the molecule is CC(C)NS(=O)(=O)c1ccccc1-c1cccnc1N. The van der Waals surface area contributed by atoms with Gasteiger partial charge in [0, 0.05) is 23.4 Å². The Labute approximate surface area is 118 Å². The van der Waals surface area contributed by atoms with Crippen LogP contribution in [0.1, 0.15) is 13.8 Å². The van der Waals surface area contributed by atoms with Crippen LogP contribution in [0.15, 0.2) is 47.5 Å². The highest BCUT2D eigenvalue weighted by Crippen LogP contribution is 2.30. The van der Waals surface area contributed by atoms with E-state index in [-0.39, 0.29) is 10.9 Å². The van der Waals surface area contributed by atoms with Gasteiger partial charge in [0.2, 0.25) is 10.0 Å². The third-order valence-corrected chi connectivity index (χ3v) is 4.41. The van der Waals surface area contributed by atoms with Gasteiger partial charge in [-0.2, -0.15) is 0 Å². The van der Waals surface area contributed by atoms with E-state index in [2.05, 4.69) is 9.71 Å². The predicted octanol–water partition coefficient (Wildman–Crippen LogP) is 2.02. The van der Waals surface area contributed by atoms with Crippen molar-refractivity contribution in [3.8, 4) is 11.1 Å². The first-order valence-electron chi connectivity index (χ1n) is 6.24. The van der Waals surface area contributed by atoms with E-state index in [9.17, 15) is 8.42 Å². The minimum absolute atomic E-state index is 0.181. The summed E-state index contributed by atoms with van der Waals surface area (Å²) in [5.74, 6) is 0.305. The summed E-state index contributed by atoms with van der Waals surface area (Å²) in [5.41, 5.74) is 7.00. The molecule has 0 fully saturated rings. The zero-order valence-corrected chi connectivity index (χ0v) is 12.2. The van der Waals surface area contributed by atoms with Gasteiger partial charge in [0.15, 0.2) is 0 Å². The van der Waals surface area contributed by atoms with E-state index in [1.165, 1.54) is 0 Å². The smallest absolute Gasteiger partial charge is 0.241 e. The topological polar surface area (TPSA) is 85.1 Å². The maximum atomic E-state index is 12.4. The molecule has 0 saturated heterocycles. The van der Waals surface area contributed by atoms with Crippen LogP contribution in [0.5, 0.6) is 0 Å². The average Bonchev–Trinajstić information content (AvgIpc) is 2.38. The molecule has 2 rings (SSSR count). The Kier molecular flexibility index (Phi) is 4.06. The van der Waals surface area contributed by atoms with Gasteiger partial charge >= 0.3 is 0 Å². The average molecular weight is 291 g/mol. The molecule has 0 aliphatic rings. The van der Waals surface area contributed by atoms with Crippen molar-refractivity contribution < 1.29 is 8.42 Å². The van der Waals surface area contributed by atoms with Gasteiger partial charge in [-0.05, 0) is 32.0 Å². The Hall–Kier alpha value is -1.92. The lowest BCUT2D eigenvalue weighted by molar-refractivity contribution is 0.570. The lowest BCUT2D eigenvalue weighted by atomic mass is 10.1. The quantitative estimate of drug-likeness (QED) is 0.902. The summed E-state index contributed by atoms with van der Waals surface area (Å²) in [5, 5.41) is 0. The molecular formula is C14H17N3O2S. The van der Waals surface area contributed by atoms with Gasteiger partial charge in [-0.15, -0.1) is 0 Å². The van der Waals surface area contributed by atoms with E-state index < -0.39 is 10.0 Å². The maximum Gasteiger partial charge on any atom is 0.241 e. The number of nitrogens with two attached hydrogens (primary N) is 1. The van der Waals surface area contributed by atoms with Crippen molar-refractivity contribution in [2.75, 3.05) is 5.73 Å². The maximum absolute atomic E-state index is 12.4. The number of anilines is 1. The number of hydrogen-bond acceptors (Lipinski definition) is 4. The Morgan fingerprint density at radius 3 is 2.40 bits per heavy atom. The van der Waals surface area contributed by atoms with E-state index in [4.69, 9.17) is 5.73 Å². The minimum atomic E-state index is -3.59. The number of rotatable bonds is 4. The summed E-state index contributed by atoms with van der Waals surface area (Å²) in [4.78, 5) is 4.20. The number of sulfonamides is 1. The molecule has 106 valence electrons. The van der Waals surface area contributed by atoms with Crippen LogP contribution in [0.25, 0.3) is 11.1 Å². The summed E-state index contributed by atoms with van der Waals surface area (Å²) >= 11 is 0. The van der Waals surface area contributed by atoms with E-state index in [1.807, 2.05) is 0 Å². The third-order valence-electron chi connectivity index (χ3n) is 2.70. The van der Waals surface area contributed by atoms with E-state index in [0.717, 1.165) is 0 Å². The molecule has 0 aliphatic carbocycles. The molecule has 0 unspecified atom stereocenters. The van der Waals surface area contributed by atoms with Crippen LogP contribution in [0, 0.1) is 0 Å². The van der Waals surface area contributed by atoms with Gasteiger partial charge in [-0.25, -0.2) is 18.1 Å². The Morgan fingerprint density at radius 2 is 1.75 bits per heavy atom. The predicted molar refractivity (Wildman–Crippen MR) is 79.5 cm³/mol. The lowest BCUT2D eigenvalue weighted by Gasteiger charge is -2.14. The summed E-state index contributed by atoms with van der Waals surface area (Å²) in [6, 6.07) is 10.0. The van der Waals surface area contributed by atoms with Crippen LogP contribution in [-0.2, 0) is 10.0 Å². The van der Waals surface area contributed by atoms with Crippen molar-refractivity contribution in [2.24, 2.45) is 0 Å². The number of hydrogen-bond donors (Lipinski definition) is 2. The first kappa shape index (κ1) is 14.5. The number of benzene rings is 1. The monoisotopic (exact) mass is 291 g/mol. The molecule has 0 atom stereocenters. The lowest BCUT2D eigenvalue weighted by Crippen LogP contribution is -2.30. The summed E-state index contributed by atoms with van der Waals surface area (Å²) < 4.78 is 27.3. The molecule has 5 nitrogen and oxygen atoms in total. The number of nitrogen functional groups attached to an aromatic ring is 1. The first-order chi connectivity index (χ1) is 9.42. The Balaban J connectivity index is 2.61. The second-order valence-electron chi connectivity index (χ2n) is 4.71. The van der Waals surface area contributed by atoms with Crippen LogP contribution in [-0.4, -0.2) is 19.4 Å². The minimum Gasteiger partial charge on any atom is -0.383 e. The molecule has 0 spiro atoms. The molecule has 2 aromatic rings. The second-order valence-corrected chi connectivity index (χ2v) is 6.39. The molecule has 0 bridgehead atoms. The highest BCUT2D eigenvalue weighted by atomic mass is 32.2. The number of nitrogens with one attached hydrogen (secondary N) is 1. The van der Waals surface area contributed by atoms with Gasteiger partial charge in [0.05, 0.1) is 4.90 Å². The highest BCUT2D eigenvalue weighted by molar-refractivity contribution is 7.89. The van der Waals surface area contributed by atoms with Crippen LogP contribution < -0.4 is 10.5 Å². The molecule has 0 amide bonds. The molecule has 0 radical (unpaired) electrons. The normalized spacial score (nSPS) is 11.8. The summed E-state index contributed by atoms with van der Waals surface area (Å²) in [7, 11) is -3.59. The largest absolute Gasteiger partial charge is 0.383 e. The summed E-state index contributed by atoms with van der Waals surface area (Å²) in [6.07, 6.45) is 1.57. The number of aromatic nitrogens is 1. The van der Waals surface area contributed by atoms with E-state index in [0.29, 0.717) is 16.9 Å². The van der Waals surface area contributed by atoms with Gasteiger partial charge in [0.1, 0.15) is 5.82 Å². The molecule has 20 heavy (non-hydrogen) atoms. The molecule has 0 aliphatic heterocycles. The van der Waals surface area contributed by atoms with Gasteiger partial charge in [0.25, 0.3) is 0 Å². The fraction of sp³-hybridized carbons (Fsp3) is 0.214. The molecule has 6 heteroatoms. The van der Waals surface area contributed by atoms with Gasteiger partial charge < -0.3 is 5.73 Å². The number of nitrogens with zero attached hydrogens (tertiary/aromatic N) is 1. The van der Waals surface area contributed by atoms with Gasteiger partial charge in [-0.3, -0.25) is 0 Å². The Bertz CT molecular complexity index is 712. The van der Waals surface area contributed by atoms with Gasteiger partial charge in [-0.1, -0.05) is 18.2 Å². The molecule has 1 aromatic heterocycles. The van der Waals surface area contributed by atoms with Crippen molar-refractivity contribution >= 4 is 15.8 Å². The standard InChI is InChI=1S/C14H17N3O2S/c1-10(2)17-20(18,19)13-8-4-3-6-11(13)12-7-5-9-16-14(12)15/h3-10,17H,1-2H3,(H2,15,16). The zero-order chi connectivity index (χ0) is 14.8. The molecular weight excluding hydrogens is 274 g/mol. The van der Waals surface area contributed by atoms with Crippen LogP contribution in [0.2, 0.25) is 0 Å². The third kappa shape index (κ3) is 2.97. The number of pyridine rings is 1. The molecule has 1 aromatic carbocycles. The van der Waals surface area contributed by atoms with Crippen molar-refractivity contribution in [2.45, 2.75) is 24.8 Å². The summed E-state index contributed by atoms with van der Waals surface area (Å²) in [6.45, 7) is 3.55. The van der Waals surface area contributed by atoms with Crippen LogP contribution in [0.3, 0.4) is 0 Å².